The minimum atomic E-state index is 0.446. The number of halogens is 1. The highest BCUT2D eigenvalue weighted by Crippen LogP contribution is 2.23. The lowest BCUT2D eigenvalue weighted by molar-refractivity contribution is 0.981. The minimum Gasteiger partial charge on any atom is -0.339 e. The smallest absolute Gasteiger partial charge is 0.249 e. The van der Waals surface area contributed by atoms with Crippen LogP contribution in [0, 0.1) is 13.8 Å². The van der Waals surface area contributed by atoms with E-state index in [0.717, 1.165) is 22.5 Å². The van der Waals surface area contributed by atoms with Gasteiger partial charge < -0.3 is 10.6 Å². The number of hydrogen-bond acceptors (Lipinski definition) is 5. The molecule has 6 heteroatoms. The monoisotopic (exact) mass is 325 g/mol. The van der Waals surface area contributed by atoms with E-state index in [9.17, 15) is 0 Å². The van der Waals surface area contributed by atoms with Crippen LogP contribution in [0.5, 0.6) is 0 Å². The average molecular weight is 326 g/mol. The van der Waals surface area contributed by atoms with Crippen LogP contribution < -0.4 is 10.6 Å². The number of nitrogens with one attached hydrogen (secondary N) is 2. The molecule has 3 rings (SSSR count). The minimum absolute atomic E-state index is 0.446. The van der Waals surface area contributed by atoms with Crippen molar-refractivity contribution < 1.29 is 0 Å². The Morgan fingerprint density at radius 1 is 0.913 bits per heavy atom. The second-order valence-electron chi connectivity index (χ2n) is 5.19. The van der Waals surface area contributed by atoms with Crippen LogP contribution in [-0.2, 0) is 0 Å². The van der Waals surface area contributed by atoms with Crippen molar-refractivity contribution in [1.82, 2.24) is 15.2 Å². The van der Waals surface area contributed by atoms with Crippen LogP contribution in [-0.4, -0.2) is 15.2 Å². The van der Waals surface area contributed by atoms with Crippen LogP contribution in [0.4, 0.5) is 23.1 Å². The molecule has 0 fully saturated rings. The summed E-state index contributed by atoms with van der Waals surface area (Å²) in [4.78, 5) is 4.44. The summed E-state index contributed by atoms with van der Waals surface area (Å²) < 4.78 is 0. The number of anilines is 4. The molecule has 0 atom stereocenters. The third-order valence-electron chi connectivity index (χ3n) is 3.39. The van der Waals surface area contributed by atoms with Crippen molar-refractivity contribution in [3.8, 4) is 0 Å². The topological polar surface area (TPSA) is 62.7 Å². The third-order valence-corrected chi connectivity index (χ3v) is 3.65. The first-order chi connectivity index (χ1) is 11.1. The summed E-state index contributed by atoms with van der Waals surface area (Å²) in [7, 11) is 0. The number of nitrogens with zero attached hydrogens (tertiary/aromatic N) is 3. The van der Waals surface area contributed by atoms with Crippen LogP contribution in [0.15, 0.2) is 48.7 Å². The van der Waals surface area contributed by atoms with Gasteiger partial charge in [-0.2, -0.15) is 10.1 Å². The summed E-state index contributed by atoms with van der Waals surface area (Å²) in [5.74, 6) is 1.05. The molecule has 2 N–H and O–H groups in total. The van der Waals surface area contributed by atoms with Crippen molar-refractivity contribution in [2.75, 3.05) is 10.6 Å². The standard InChI is InChI=1S/C17H16ClN5/c1-11-4-3-5-12(2)16(11)22-17-21-15(10-19-23-17)20-14-8-6-13(18)7-9-14/h3-10H,1-2H3,(H2,20,21,22,23). The highest BCUT2D eigenvalue weighted by atomic mass is 35.5. The van der Waals surface area contributed by atoms with E-state index >= 15 is 0 Å². The molecule has 0 aliphatic carbocycles. The van der Waals surface area contributed by atoms with Crippen molar-refractivity contribution in [3.63, 3.8) is 0 Å². The van der Waals surface area contributed by atoms with Crippen LogP contribution >= 0.6 is 11.6 Å². The van der Waals surface area contributed by atoms with E-state index in [2.05, 4.69) is 25.8 Å². The van der Waals surface area contributed by atoms with Crippen molar-refractivity contribution in [2.24, 2.45) is 0 Å². The Bertz CT molecular complexity index is 797. The Morgan fingerprint density at radius 3 is 2.30 bits per heavy atom. The molecule has 116 valence electrons. The van der Waals surface area contributed by atoms with Gasteiger partial charge >= 0.3 is 0 Å². The molecule has 5 nitrogen and oxygen atoms in total. The third kappa shape index (κ3) is 3.76. The van der Waals surface area contributed by atoms with Crippen molar-refractivity contribution in [2.45, 2.75) is 13.8 Å². The Morgan fingerprint density at radius 2 is 1.61 bits per heavy atom. The molecule has 0 aliphatic rings. The first kappa shape index (κ1) is 15.2. The Labute approximate surface area is 139 Å². The quantitative estimate of drug-likeness (QED) is 0.732. The van der Waals surface area contributed by atoms with Gasteiger partial charge in [0.2, 0.25) is 5.95 Å². The molecule has 1 heterocycles. The number of hydrogen-bond donors (Lipinski definition) is 2. The molecular formula is C17H16ClN5. The zero-order valence-electron chi connectivity index (χ0n) is 12.8. The van der Waals surface area contributed by atoms with E-state index in [1.807, 2.05) is 56.3 Å². The summed E-state index contributed by atoms with van der Waals surface area (Å²) in [6, 6.07) is 13.5. The van der Waals surface area contributed by atoms with E-state index in [1.165, 1.54) is 0 Å². The second-order valence-corrected chi connectivity index (χ2v) is 5.63. The lowest BCUT2D eigenvalue weighted by Gasteiger charge is -2.11. The van der Waals surface area contributed by atoms with Crippen LogP contribution in [0.25, 0.3) is 0 Å². The fourth-order valence-electron chi connectivity index (χ4n) is 2.22. The van der Waals surface area contributed by atoms with Crippen molar-refractivity contribution in [1.29, 1.82) is 0 Å². The van der Waals surface area contributed by atoms with E-state index in [1.54, 1.807) is 6.20 Å². The first-order valence-electron chi connectivity index (χ1n) is 7.17. The summed E-state index contributed by atoms with van der Waals surface area (Å²) in [6.45, 7) is 4.08. The fourth-order valence-corrected chi connectivity index (χ4v) is 2.35. The van der Waals surface area contributed by atoms with Gasteiger partial charge in [0.05, 0.1) is 6.20 Å². The van der Waals surface area contributed by atoms with E-state index < -0.39 is 0 Å². The average Bonchev–Trinajstić information content (AvgIpc) is 2.54. The van der Waals surface area contributed by atoms with Gasteiger partial charge in [0.25, 0.3) is 0 Å². The number of benzene rings is 2. The van der Waals surface area contributed by atoms with Gasteiger partial charge in [0.1, 0.15) is 0 Å². The maximum Gasteiger partial charge on any atom is 0.249 e. The first-order valence-corrected chi connectivity index (χ1v) is 7.55. The number of rotatable bonds is 4. The van der Waals surface area contributed by atoms with Crippen molar-refractivity contribution in [3.05, 3.63) is 64.8 Å². The molecular weight excluding hydrogens is 310 g/mol. The van der Waals surface area contributed by atoms with Crippen LogP contribution in [0.2, 0.25) is 5.02 Å². The van der Waals surface area contributed by atoms with Gasteiger partial charge in [0.15, 0.2) is 5.82 Å². The maximum atomic E-state index is 5.88. The molecule has 3 aromatic rings. The highest BCUT2D eigenvalue weighted by Gasteiger charge is 2.06. The van der Waals surface area contributed by atoms with Gasteiger partial charge in [-0.25, -0.2) is 0 Å². The maximum absolute atomic E-state index is 5.88. The molecule has 2 aromatic carbocycles. The second kappa shape index (κ2) is 6.62. The molecule has 0 amide bonds. The van der Waals surface area contributed by atoms with Gasteiger partial charge in [-0.1, -0.05) is 29.8 Å². The molecule has 0 saturated carbocycles. The largest absolute Gasteiger partial charge is 0.339 e. The predicted octanol–water partition coefficient (Wildman–Crippen LogP) is 4.63. The van der Waals surface area contributed by atoms with Gasteiger partial charge in [0, 0.05) is 16.4 Å². The molecule has 0 unspecified atom stereocenters. The lowest BCUT2D eigenvalue weighted by Crippen LogP contribution is -2.04. The van der Waals surface area contributed by atoms with E-state index in [0.29, 0.717) is 16.8 Å². The molecule has 23 heavy (non-hydrogen) atoms. The van der Waals surface area contributed by atoms with Crippen LogP contribution in [0.1, 0.15) is 11.1 Å². The number of aromatic nitrogens is 3. The lowest BCUT2D eigenvalue weighted by atomic mass is 10.1. The Balaban J connectivity index is 1.81. The number of para-hydroxylation sites is 1. The van der Waals surface area contributed by atoms with Gasteiger partial charge in [-0.05, 0) is 49.2 Å². The summed E-state index contributed by atoms with van der Waals surface area (Å²) in [6.07, 6.45) is 1.57. The van der Waals surface area contributed by atoms with Gasteiger partial charge in [-0.3, -0.25) is 0 Å². The SMILES string of the molecule is Cc1cccc(C)c1Nc1nncc(Nc2ccc(Cl)cc2)n1. The zero-order valence-corrected chi connectivity index (χ0v) is 13.6. The molecule has 0 saturated heterocycles. The fraction of sp³-hybridized carbons (Fsp3) is 0.118. The molecule has 0 aliphatic heterocycles. The predicted molar refractivity (Wildman–Crippen MR) is 93.8 cm³/mol. The Hall–Kier alpha value is -2.66. The van der Waals surface area contributed by atoms with E-state index in [4.69, 9.17) is 11.6 Å². The molecule has 1 aromatic heterocycles. The van der Waals surface area contributed by atoms with Gasteiger partial charge in [-0.15, -0.1) is 5.10 Å². The van der Waals surface area contributed by atoms with Crippen molar-refractivity contribution >= 4 is 34.7 Å². The Kier molecular flexibility index (Phi) is 4.39. The molecule has 0 spiro atoms. The summed E-state index contributed by atoms with van der Waals surface area (Å²) in [5, 5.41) is 15.1. The normalized spacial score (nSPS) is 10.4. The molecule has 0 radical (unpaired) electrons. The number of aryl methyl sites for hydroxylation is 2. The van der Waals surface area contributed by atoms with Crippen LogP contribution in [0.3, 0.4) is 0 Å². The zero-order chi connectivity index (χ0) is 16.2. The summed E-state index contributed by atoms with van der Waals surface area (Å²) in [5.41, 5.74) is 4.14. The van der Waals surface area contributed by atoms with E-state index in [-0.39, 0.29) is 0 Å². The summed E-state index contributed by atoms with van der Waals surface area (Å²) >= 11 is 5.88. The highest BCUT2D eigenvalue weighted by molar-refractivity contribution is 6.30. The molecule has 0 bridgehead atoms.